The zero-order chi connectivity index (χ0) is 19.1. The number of nitrogens with two attached hydrogens (primary N) is 1. The molecule has 0 spiro atoms. The van der Waals surface area contributed by atoms with Gasteiger partial charge in [0.1, 0.15) is 17.2 Å². The van der Waals surface area contributed by atoms with E-state index in [1.165, 1.54) is 10.7 Å². The molecule has 0 aliphatic heterocycles. The Morgan fingerprint density at radius 1 is 1.26 bits per heavy atom. The Kier molecular flexibility index (Phi) is 4.15. The number of anilines is 2. The molecule has 4 rings (SSSR count). The summed E-state index contributed by atoms with van der Waals surface area (Å²) in [5.41, 5.74) is 9.13. The summed E-state index contributed by atoms with van der Waals surface area (Å²) < 4.78 is 4.10. The highest BCUT2D eigenvalue weighted by molar-refractivity contribution is 9.10. The minimum atomic E-state index is -0.339. The predicted molar refractivity (Wildman–Crippen MR) is 106 cm³/mol. The topological polar surface area (TPSA) is 103 Å². The molecule has 136 valence electrons. The van der Waals surface area contributed by atoms with Crippen LogP contribution in [0.15, 0.2) is 47.2 Å². The molecule has 27 heavy (non-hydrogen) atoms. The van der Waals surface area contributed by atoms with Crippen LogP contribution in [0, 0.1) is 13.8 Å². The normalized spacial score (nSPS) is 11.1. The molecule has 0 radical (unpaired) electrons. The van der Waals surface area contributed by atoms with Crippen molar-refractivity contribution in [1.82, 2.24) is 24.4 Å². The quantitative estimate of drug-likeness (QED) is 0.524. The summed E-state index contributed by atoms with van der Waals surface area (Å²) in [7, 11) is 0. The van der Waals surface area contributed by atoms with Gasteiger partial charge in [0.05, 0.1) is 17.6 Å². The molecule has 0 aliphatic carbocycles. The molecule has 0 bridgehead atoms. The van der Waals surface area contributed by atoms with E-state index >= 15 is 0 Å². The smallest absolute Gasteiger partial charge is 0.262 e. The number of hydrogen-bond acceptors (Lipinski definition) is 5. The molecule has 9 heteroatoms. The molecule has 0 saturated carbocycles. The first-order valence-corrected chi connectivity index (χ1v) is 8.96. The number of carbonyl (C=O) groups excluding carboxylic acids is 1. The second-order valence-electron chi connectivity index (χ2n) is 6.12. The van der Waals surface area contributed by atoms with E-state index in [0.717, 1.165) is 21.4 Å². The number of amides is 1. The van der Waals surface area contributed by atoms with Crippen molar-refractivity contribution in [2.24, 2.45) is 0 Å². The van der Waals surface area contributed by atoms with Gasteiger partial charge in [0, 0.05) is 16.7 Å². The average Bonchev–Trinajstić information content (AvgIpc) is 3.18. The van der Waals surface area contributed by atoms with E-state index in [-0.39, 0.29) is 5.91 Å². The molecular weight excluding hydrogens is 410 g/mol. The van der Waals surface area contributed by atoms with Gasteiger partial charge in [0.15, 0.2) is 5.65 Å². The van der Waals surface area contributed by atoms with Crippen LogP contribution in [-0.2, 0) is 0 Å². The lowest BCUT2D eigenvalue weighted by atomic mass is 10.2. The van der Waals surface area contributed by atoms with Gasteiger partial charge in [-0.3, -0.25) is 4.79 Å². The summed E-state index contributed by atoms with van der Waals surface area (Å²) in [5.74, 6) is 0.534. The van der Waals surface area contributed by atoms with Crippen molar-refractivity contribution in [2.75, 3.05) is 11.1 Å². The lowest BCUT2D eigenvalue weighted by Crippen LogP contribution is -2.16. The largest absolute Gasteiger partial charge is 0.384 e. The number of aromatic nitrogens is 5. The lowest BCUT2D eigenvalue weighted by Gasteiger charge is -2.12. The van der Waals surface area contributed by atoms with Crippen molar-refractivity contribution in [3.8, 4) is 5.69 Å². The molecule has 4 aromatic rings. The molecule has 0 saturated heterocycles. The van der Waals surface area contributed by atoms with Crippen LogP contribution in [0.1, 0.15) is 21.6 Å². The Bertz CT molecular complexity index is 1160. The van der Waals surface area contributed by atoms with Gasteiger partial charge in [-0.2, -0.15) is 10.2 Å². The summed E-state index contributed by atoms with van der Waals surface area (Å²) >= 11 is 3.56. The van der Waals surface area contributed by atoms with Crippen LogP contribution in [0.25, 0.3) is 11.3 Å². The summed E-state index contributed by atoms with van der Waals surface area (Å²) in [5, 5.41) is 11.6. The first-order valence-electron chi connectivity index (χ1n) is 8.17. The summed E-state index contributed by atoms with van der Waals surface area (Å²) in [6, 6.07) is 9.30. The van der Waals surface area contributed by atoms with Crippen LogP contribution in [-0.4, -0.2) is 30.3 Å². The third-order valence-electron chi connectivity index (χ3n) is 4.11. The monoisotopic (exact) mass is 425 g/mol. The van der Waals surface area contributed by atoms with E-state index in [1.54, 1.807) is 16.9 Å². The highest BCUT2D eigenvalue weighted by Gasteiger charge is 2.19. The maximum Gasteiger partial charge on any atom is 0.262 e. The highest BCUT2D eigenvalue weighted by Crippen LogP contribution is 2.28. The molecule has 1 aromatic carbocycles. The summed E-state index contributed by atoms with van der Waals surface area (Å²) in [6.07, 6.45) is 3.13. The predicted octanol–water partition coefficient (Wildman–Crippen LogP) is 3.13. The van der Waals surface area contributed by atoms with Crippen molar-refractivity contribution in [2.45, 2.75) is 13.8 Å². The molecule has 0 aliphatic rings. The van der Waals surface area contributed by atoms with Crippen LogP contribution in [0.4, 0.5) is 11.6 Å². The first kappa shape index (κ1) is 17.2. The molecule has 3 N–H and O–H groups in total. The molecule has 3 aromatic heterocycles. The Morgan fingerprint density at radius 2 is 2.07 bits per heavy atom. The number of fused-ring (bicyclic) bond motifs is 1. The van der Waals surface area contributed by atoms with E-state index in [9.17, 15) is 4.79 Å². The zero-order valence-electron chi connectivity index (χ0n) is 14.6. The van der Waals surface area contributed by atoms with Gasteiger partial charge in [-0.05, 0) is 47.5 Å². The molecule has 0 unspecified atom stereocenters. The molecule has 0 fully saturated rings. The number of rotatable bonds is 3. The Morgan fingerprint density at radius 3 is 2.85 bits per heavy atom. The average molecular weight is 426 g/mol. The standard InChI is InChI=1S/C18H16BrN7O/c1-10-4-3-5-13(19)16(10)26-15(8-11(2)24-26)23-18(27)12-9-21-25-7-6-14(20)22-17(12)25/h3-9H,1-2H3,(H2,20,22)(H,23,27). The second-order valence-corrected chi connectivity index (χ2v) is 6.98. The minimum absolute atomic E-state index is 0.321. The minimum Gasteiger partial charge on any atom is -0.384 e. The number of hydrogen-bond donors (Lipinski definition) is 2. The Labute approximate surface area is 163 Å². The SMILES string of the molecule is Cc1cc(NC(=O)c2cnn3ccc(N)nc23)n(-c2c(C)cccc2Br)n1. The van der Waals surface area contributed by atoms with Crippen molar-refractivity contribution in [3.05, 3.63) is 64.0 Å². The van der Waals surface area contributed by atoms with Gasteiger partial charge in [-0.1, -0.05) is 12.1 Å². The van der Waals surface area contributed by atoms with E-state index in [0.29, 0.717) is 22.8 Å². The Balaban J connectivity index is 1.75. The van der Waals surface area contributed by atoms with Crippen molar-refractivity contribution >= 4 is 39.1 Å². The van der Waals surface area contributed by atoms with E-state index < -0.39 is 0 Å². The number of nitrogens with one attached hydrogen (secondary N) is 1. The van der Waals surface area contributed by atoms with Gasteiger partial charge in [0.25, 0.3) is 5.91 Å². The fraction of sp³-hybridized carbons (Fsp3) is 0.111. The van der Waals surface area contributed by atoms with Crippen LogP contribution in [0.5, 0.6) is 0 Å². The van der Waals surface area contributed by atoms with Crippen molar-refractivity contribution in [1.29, 1.82) is 0 Å². The van der Waals surface area contributed by atoms with Gasteiger partial charge < -0.3 is 11.1 Å². The van der Waals surface area contributed by atoms with Crippen LogP contribution in [0.2, 0.25) is 0 Å². The van der Waals surface area contributed by atoms with Gasteiger partial charge in [0.2, 0.25) is 0 Å². The Hall–Kier alpha value is -3.20. The first-order chi connectivity index (χ1) is 12.9. The maximum atomic E-state index is 12.9. The number of carbonyl (C=O) groups is 1. The number of aryl methyl sites for hydroxylation is 2. The number of para-hydroxylation sites is 1. The molecule has 1 amide bonds. The second kappa shape index (κ2) is 6.51. The third-order valence-corrected chi connectivity index (χ3v) is 4.75. The van der Waals surface area contributed by atoms with E-state index in [4.69, 9.17) is 5.73 Å². The number of benzene rings is 1. The molecular formula is C18H16BrN7O. The highest BCUT2D eigenvalue weighted by atomic mass is 79.9. The maximum absolute atomic E-state index is 12.9. The van der Waals surface area contributed by atoms with Crippen molar-refractivity contribution in [3.63, 3.8) is 0 Å². The number of nitrogen functional groups attached to an aromatic ring is 1. The summed E-state index contributed by atoms with van der Waals surface area (Å²) in [4.78, 5) is 17.1. The number of halogens is 1. The van der Waals surface area contributed by atoms with Gasteiger partial charge in [-0.15, -0.1) is 0 Å². The fourth-order valence-electron chi connectivity index (χ4n) is 2.88. The van der Waals surface area contributed by atoms with Crippen LogP contribution < -0.4 is 11.1 Å². The van der Waals surface area contributed by atoms with Gasteiger partial charge in [-0.25, -0.2) is 14.2 Å². The molecule has 0 atom stereocenters. The molecule has 3 heterocycles. The van der Waals surface area contributed by atoms with E-state index in [1.807, 2.05) is 38.1 Å². The zero-order valence-corrected chi connectivity index (χ0v) is 16.2. The van der Waals surface area contributed by atoms with Crippen LogP contribution in [0.3, 0.4) is 0 Å². The summed E-state index contributed by atoms with van der Waals surface area (Å²) in [6.45, 7) is 3.86. The third kappa shape index (κ3) is 3.06. The lowest BCUT2D eigenvalue weighted by molar-refractivity contribution is 0.102. The number of nitrogens with zero attached hydrogens (tertiary/aromatic N) is 5. The van der Waals surface area contributed by atoms with E-state index in [2.05, 4.69) is 36.4 Å². The van der Waals surface area contributed by atoms with Gasteiger partial charge >= 0.3 is 0 Å². The molecule has 8 nitrogen and oxygen atoms in total. The van der Waals surface area contributed by atoms with Crippen LogP contribution >= 0.6 is 15.9 Å². The van der Waals surface area contributed by atoms with Crippen molar-refractivity contribution < 1.29 is 4.79 Å². The fourth-order valence-corrected chi connectivity index (χ4v) is 3.51.